The number of fused-ring (bicyclic) bond motifs is 1. The Hall–Kier alpha value is -2.94. The molecule has 2 amide bonds. The Morgan fingerprint density at radius 1 is 1.08 bits per heavy atom. The van der Waals surface area contributed by atoms with E-state index in [1.807, 2.05) is 26.8 Å². The Kier molecular flexibility index (Phi) is 5.94. The SMILES string of the molecule is CC(C)(C)c1cccc(C(=O)N2C(C(N)=O)CC3CC32[C@@H](c2ccc(C(F)(F)F)cc2F)C2COC2)c1. The number of ether oxygens (including phenoxy) is 1. The molecule has 2 heterocycles. The zero-order chi connectivity index (χ0) is 26.9. The number of hydrogen-bond donors (Lipinski definition) is 1. The molecule has 2 aromatic carbocycles. The molecular weight excluding hydrogens is 488 g/mol. The molecule has 0 bridgehead atoms. The summed E-state index contributed by atoms with van der Waals surface area (Å²) in [6.07, 6.45) is -3.82. The summed E-state index contributed by atoms with van der Waals surface area (Å²) < 4.78 is 60.5. The predicted molar refractivity (Wildman–Crippen MR) is 128 cm³/mol. The van der Waals surface area contributed by atoms with Gasteiger partial charge in [-0.05, 0) is 59.6 Å². The van der Waals surface area contributed by atoms with Gasteiger partial charge >= 0.3 is 6.18 Å². The number of piperidine rings is 1. The van der Waals surface area contributed by atoms with Gasteiger partial charge in [0.1, 0.15) is 11.9 Å². The van der Waals surface area contributed by atoms with Gasteiger partial charge in [-0.1, -0.05) is 39.0 Å². The maximum absolute atomic E-state index is 15.3. The molecule has 2 saturated heterocycles. The summed E-state index contributed by atoms with van der Waals surface area (Å²) in [4.78, 5) is 28.1. The van der Waals surface area contributed by atoms with Gasteiger partial charge < -0.3 is 15.4 Å². The highest BCUT2D eigenvalue weighted by Gasteiger charge is 2.72. The van der Waals surface area contributed by atoms with Crippen LogP contribution >= 0.6 is 0 Å². The molecule has 5 nitrogen and oxygen atoms in total. The van der Waals surface area contributed by atoms with E-state index in [0.29, 0.717) is 37.7 Å². The number of rotatable bonds is 5. The third-order valence-electron chi connectivity index (χ3n) is 8.25. The standard InChI is InChI=1S/C28H30F4N2O3/c1-26(2,3)17-6-4-5-15(9-17)25(36)34-22(24(33)35)11-19-12-27(19,34)23(16-13-37-14-16)20-8-7-18(10-21(20)29)28(30,31)32/h4-10,16,19,22-23H,11-14H2,1-3H3,(H2,33,35)/t19?,22?,23-,27?/m1/s1. The van der Waals surface area contributed by atoms with Gasteiger partial charge in [0.05, 0.1) is 24.3 Å². The molecule has 2 N–H and O–H groups in total. The summed E-state index contributed by atoms with van der Waals surface area (Å²) in [6, 6.07) is 8.86. The monoisotopic (exact) mass is 518 g/mol. The fraction of sp³-hybridized carbons (Fsp3) is 0.500. The minimum Gasteiger partial charge on any atom is -0.381 e. The van der Waals surface area contributed by atoms with E-state index in [1.54, 1.807) is 18.2 Å². The number of benzene rings is 2. The molecule has 1 saturated carbocycles. The second kappa shape index (κ2) is 8.55. The Labute approximate surface area is 213 Å². The molecule has 37 heavy (non-hydrogen) atoms. The molecule has 198 valence electrons. The smallest absolute Gasteiger partial charge is 0.381 e. The first-order valence-electron chi connectivity index (χ1n) is 12.4. The van der Waals surface area contributed by atoms with Gasteiger partial charge in [-0.3, -0.25) is 9.59 Å². The van der Waals surface area contributed by atoms with Crippen LogP contribution < -0.4 is 5.73 Å². The van der Waals surface area contributed by atoms with Gasteiger partial charge in [-0.2, -0.15) is 13.2 Å². The van der Waals surface area contributed by atoms with Crippen molar-refractivity contribution in [2.45, 2.75) is 62.7 Å². The van der Waals surface area contributed by atoms with Crippen LogP contribution in [0.2, 0.25) is 0 Å². The number of halogens is 4. The molecule has 5 rings (SSSR count). The van der Waals surface area contributed by atoms with Crippen LogP contribution in [0.3, 0.4) is 0 Å². The first-order chi connectivity index (χ1) is 17.2. The number of alkyl halides is 3. The van der Waals surface area contributed by atoms with Crippen molar-refractivity contribution in [1.29, 1.82) is 0 Å². The number of hydrogen-bond acceptors (Lipinski definition) is 3. The van der Waals surface area contributed by atoms with E-state index >= 15 is 4.39 Å². The lowest BCUT2D eigenvalue weighted by Crippen LogP contribution is -2.55. The number of nitrogens with two attached hydrogens (primary N) is 1. The molecule has 4 atom stereocenters. The number of nitrogens with zero attached hydrogens (tertiary/aromatic N) is 1. The van der Waals surface area contributed by atoms with Gasteiger partial charge in [0, 0.05) is 17.4 Å². The van der Waals surface area contributed by atoms with Crippen molar-refractivity contribution < 1.29 is 31.9 Å². The summed E-state index contributed by atoms with van der Waals surface area (Å²) in [5.74, 6) is -2.97. The van der Waals surface area contributed by atoms with Crippen LogP contribution in [-0.4, -0.2) is 41.5 Å². The van der Waals surface area contributed by atoms with Gasteiger partial charge in [-0.15, -0.1) is 0 Å². The number of likely N-dealkylation sites (tertiary alicyclic amines) is 1. The summed E-state index contributed by atoms with van der Waals surface area (Å²) >= 11 is 0. The van der Waals surface area contributed by atoms with E-state index in [4.69, 9.17) is 10.5 Å². The minimum absolute atomic E-state index is 0.107. The fourth-order valence-corrected chi connectivity index (χ4v) is 6.28. The molecule has 0 radical (unpaired) electrons. The van der Waals surface area contributed by atoms with Crippen LogP contribution in [0.4, 0.5) is 17.6 Å². The molecular formula is C28H30F4N2O3. The number of carbonyl (C=O) groups excluding carboxylic acids is 2. The van der Waals surface area contributed by atoms with Gasteiger partial charge in [0.25, 0.3) is 5.91 Å². The van der Waals surface area contributed by atoms with Crippen molar-refractivity contribution in [3.8, 4) is 0 Å². The normalized spacial score (nSPS) is 26.4. The maximum atomic E-state index is 15.3. The van der Waals surface area contributed by atoms with Crippen molar-refractivity contribution in [3.63, 3.8) is 0 Å². The van der Waals surface area contributed by atoms with E-state index in [1.165, 1.54) is 11.0 Å². The molecule has 3 unspecified atom stereocenters. The average Bonchev–Trinajstić information content (AvgIpc) is 3.39. The number of carbonyl (C=O) groups is 2. The highest BCUT2D eigenvalue weighted by atomic mass is 19.4. The third kappa shape index (κ3) is 4.21. The highest BCUT2D eigenvalue weighted by molar-refractivity contribution is 5.99. The fourth-order valence-electron chi connectivity index (χ4n) is 6.28. The van der Waals surface area contributed by atoms with Gasteiger partial charge in [0.15, 0.2) is 0 Å². The topological polar surface area (TPSA) is 72.6 Å². The van der Waals surface area contributed by atoms with E-state index < -0.39 is 41.0 Å². The Bertz CT molecular complexity index is 1250. The van der Waals surface area contributed by atoms with Crippen molar-refractivity contribution in [1.82, 2.24) is 4.90 Å². The average molecular weight is 519 g/mol. The lowest BCUT2D eigenvalue weighted by molar-refractivity contribution is -0.137. The molecule has 0 aromatic heterocycles. The van der Waals surface area contributed by atoms with Crippen LogP contribution in [0.1, 0.15) is 66.6 Å². The first-order valence-corrected chi connectivity index (χ1v) is 12.4. The number of amides is 2. The summed E-state index contributed by atoms with van der Waals surface area (Å²) in [7, 11) is 0. The molecule has 2 aromatic rings. The van der Waals surface area contributed by atoms with E-state index in [-0.39, 0.29) is 28.7 Å². The lowest BCUT2D eigenvalue weighted by Gasteiger charge is -2.44. The van der Waals surface area contributed by atoms with Gasteiger partial charge in [0.2, 0.25) is 5.91 Å². The van der Waals surface area contributed by atoms with E-state index in [2.05, 4.69) is 0 Å². The maximum Gasteiger partial charge on any atom is 0.416 e. The highest BCUT2D eigenvalue weighted by Crippen LogP contribution is 2.67. The van der Waals surface area contributed by atoms with Crippen LogP contribution in [0, 0.1) is 17.7 Å². The van der Waals surface area contributed by atoms with Crippen molar-refractivity contribution in [3.05, 3.63) is 70.5 Å². The second-order valence-electron chi connectivity index (χ2n) is 11.6. The summed E-state index contributed by atoms with van der Waals surface area (Å²) in [6.45, 7) is 6.66. The predicted octanol–water partition coefficient (Wildman–Crippen LogP) is 5.03. The minimum atomic E-state index is -4.68. The second-order valence-corrected chi connectivity index (χ2v) is 11.6. The quantitative estimate of drug-likeness (QED) is 0.565. The van der Waals surface area contributed by atoms with Crippen LogP contribution in [0.25, 0.3) is 0 Å². The zero-order valence-electron chi connectivity index (χ0n) is 20.9. The van der Waals surface area contributed by atoms with Crippen LogP contribution in [-0.2, 0) is 21.1 Å². The van der Waals surface area contributed by atoms with E-state index in [9.17, 15) is 22.8 Å². The van der Waals surface area contributed by atoms with Crippen LogP contribution in [0.5, 0.6) is 0 Å². The third-order valence-corrected chi connectivity index (χ3v) is 8.25. The zero-order valence-corrected chi connectivity index (χ0v) is 20.9. The molecule has 9 heteroatoms. The Balaban J connectivity index is 1.60. The molecule has 3 aliphatic rings. The van der Waals surface area contributed by atoms with Gasteiger partial charge in [-0.25, -0.2) is 4.39 Å². The van der Waals surface area contributed by atoms with Crippen molar-refractivity contribution in [2.75, 3.05) is 13.2 Å². The van der Waals surface area contributed by atoms with Crippen LogP contribution in [0.15, 0.2) is 42.5 Å². The summed E-state index contributed by atoms with van der Waals surface area (Å²) in [5, 5.41) is 0. The van der Waals surface area contributed by atoms with Crippen molar-refractivity contribution >= 4 is 11.8 Å². The largest absolute Gasteiger partial charge is 0.416 e. The lowest BCUT2D eigenvalue weighted by atomic mass is 9.76. The molecule has 3 fully saturated rings. The molecule has 1 aliphatic carbocycles. The molecule has 2 aliphatic heterocycles. The first kappa shape index (κ1) is 25.7. The number of primary amides is 1. The van der Waals surface area contributed by atoms with E-state index in [0.717, 1.165) is 11.6 Å². The summed E-state index contributed by atoms with van der Waals surface area (Å²) in [5.41, 5.74) is 4.96. The van der Waals surface area contributed by atoms with Crippen molar-refractivity contribution in [2.24, 2.45) is 17.6 Å². The molecule has 0 spiro atoms. The Morgan fingerprint density at radius 2 is 1.78 bits per heavy atom. The Morgan fingerprint density at radius 3 is 2.32 bits per heavy atom.